The molecule has 0 heterocycles. The van der Waals surface area contributed by atoms with E-state index in [4.69, 9.17) is 16.2 Å². The Morgan fingerprint density at radius 3 is 2.69 bits per heavy atom. The second-order valence-corrected chi connectivity index (χ2v) is 4.08. The van der Waals surface area contributed by atoms with Gasteiger partial charge in [0.25, 0.3) is 0 Å². The van der Waals surface area contributed by atoms with E-state index in [1.165, 1.54) is 0 Å². The largest absolute Gasteiger partial charge is 0.395 e. The van der Waals surface area contributed by atoms with Crippen LogP contribution in [-0.2, 0) is 0 Å². The van der Waals surface area contributed by atoms with Gasteiger partial charge in [-0.25, -0.2) is 0 Å². The van der Waals surface area contributed by atoms with E-state index in [0.717, 1.165) is 24.1 Å². The minimum Gasteiger partial charge on any atom is -0.395 e. The van der Waals surface area contributed by atoms with Gasteiger partial charge in [0.15, 0.2) is 0 Å². The molecule has 86 valence electrons. The number of nitrogens with zero attached hydrogens (tertiary/aromatic N) is 1. The highest BCUT2D eigenvalue weighted by molar-refractivity contribution is 6.00. The molecule has 0 spiro atoms. The minimum atomic E-state index is 0.0826. The van der Waals surface area contributed by atoms with Gasteiger partial charge in [-0.05, 0) is 25.0 Å². The minimum absolute atomic E-state index is 0.0826. The van der Waals surface area contributed by atoms with Crippen LogP contribution in [-0.4, -0.2) is 30.1 Å². The summed E-state index contributed by atoms with van der Waals surface area (Å²) in [6, 6.07) is 8.14. The Hall–Kier alpha value is -1.55. The predicted octanol–water partition coefficient (Wildman–Crippen LogP) is 0.932. The summed E-state index contributed by atoms with van der Waals surface area (Å²) in [7, 11) is 0. The number of nitrogens with two attached hydrogens (primary N) is 1. The van der Waals surface area contributed by atoms with Crippen LogP contribution in [0.25, 0.3) is 0 Å². The van der Waals surface area contributed by atoms with Gasteiger partial charge in [0.1, 0.15) is 5.84 Å². The molecule has 1 aliphatic carbocycles. The third kappa shape index (κ3) is 2.17. The molecule has 1 aromatic carbocycles. The van der Waals surface area contributed by atoms with Gasteiger partial charge in [-0.15, -0.1) is 0 Å². The molecule has 0 atom stereocenters. The summed E-state index contributed by atoms with van der Waals surface area (Å²) in [5.74, 6) is 0.0826. The van der Waals surface area contributed by atoms with Crippen LogP contribution in [0.1, 0.15) is 18.4 Å². The maximum atomic E-state index is 9.08. The molecule has 0 bridgehead atoms. The molecule has 1 aromatic rings. The smallest absolute Gasteiger partial charge is 0.124 e. The van der Waals surface area contributed by atoms with Gasteiger partial charge >= 0.3 is 0 Å². The normalized spacial score (nSPS) is 14.8. The van der Waals surface area contributed by atoms with E-state index in [-0.39, 0.29) is 12.4 Å². The highest BCUT2D eigenvalue weighted by Crippen LogP contribution is 2.33. The van der Waals surface area contributed by atoms with Gasteiger partial charge < -0.3 is 15.7 Å². The monoisotopic (exact) mass is 219 g/mol. The predicted molar refractivity (Wildman–Crippen MR) is 64.9 cm³/mol. The lowest BCUT2D eigenvalue weighted by Gasteiger charge is -2.25. The van der Waals surface area contributed by atoms with Crippen LogP contribution in [0.15, 0.2) is 24.3 Å². The van der Waals surface area contributed by atoms with Crippen molar-refractivity contribution in [1.29, 1.82) is 5.41 Å². The zero-order valence-corrected chi connectivity index (χ0v) is 9.19. The lowest BCUT2D eigenvalue weighted by atomic mass is 10.1. The molecule has 4 heteroatoms. The summed E-state index contributed by atoms with van der Waals surface area (Å²) in [4.78, 5) is 2.15. The zero-order valence-electron chi connectivity index (χ0n) is 9.19. The number of nitrogen functional groups attached to an aromatic ring is 1. The van der Waals surface area contributed by atoms with Crippen LogP contribution in [0.4, 0.5) is 5.69 Å². The highest BCUT2D eigenvalue weighted by Gasteiger charge is 2.30. The Balaban J connectivity index is 2.32. The molecule has 4 nitrogen and oxygen atoms in total. The summed E-state index contributed by atoms with van der Waals surface area (Å²) < 4.78 is 0. The van der Waals surface area contributed by atoms with Gasteiger partial charge in [0.05, 0.1) is 6.61 Å². The Bertz CT molecular complexity index is 388. The number of rotatable bonds is 5. The topological polar surface area (TPSA) is 73.3 Å². The molecule has 0 aromatic heterocycles. The molecule has 4 N–H and O–H groups in total. The fraction of sp³-hybridized carbons (Fsp3) is 0.417. The lowest BCUT2D eigenvalue weighted by molar-refractivity contribution is 0.301. The van der Waals surface area contributed by atoms with Crippen molar-refractivity contribution in [2.24, 2.45) is 5.73 Å². The summed E-state index contributed by atoms with van der Waals surface area (Å²) in [6.07, 6.45) is 2.32. The van der Waals surface area contributed by atoms with E-state index in [9.17, 15) is 0 Å². The second-order valence-electron chi connectivity index (χ2n) is 4.08. The standard InChI is InChI=1S/C12H17N3O/c13-12(14)10-3-1-2-4-11(10)15(7-8-16)9-5-6-9/h1-4,9,16H,5-8H2,(H3,13,14). The van der Waals surface area contributed by atoms with E-state index in [0.29, 0.717) is 12.6 Å². The van der Waals surface area contributed by atoms with E-state index < -0.39 is 0 Å². The fourth-order valence-electron chi connectivity index (χ4n) is 1.95. The van der Waals surface area contributed by atoms with Crippen molar-refractivity contribution in [3.8, 4) is 0 Å². The molecule has 0 saturated heterocycles. The first-order valence-electron chi connectivity index (χ1n) is 5.55. The van der Waals surface area contributed by atoms with E-state index in [1.54, 1.807) is 0 Å². The quantitative estimate of drug-likeness (QED) is 0.509. The van der Waals surface area contributed by atoms with Crippen LogP contribution in [0, 0.1) is 5.41 Å². The van der Waals surface area contributed by atoms with Crippen molar-refractivity contribution >= 4 is 11.5 Å². The average Bonchev–Trinajstić information content (AvgIpc) is 3.10. The second kappa shape index (κ2) is 4.53. The molecule has 1 aliphatic rings. The van der Waals surface area contributed by atoms with E-state index >= 15 is 0 Å². The Kier molecular flexibility index (Phi) is 3.10. The number of nitrogens with one attached hydrogen (secondary N) is 1. The van der Waals surface area contributed by atoms with Crippen molar-refractivity contribution in [1.82, 2.24) is 0 Å². The summed E-state index contributed by atoms with van der Waals surface area (Å²) in [5.41, 5.74) is 7.28. The van der Waals surface area contributed by atoms with Crippen LogP contribution in [0.5, 0.6) is 0 Å². The number of amidine groups is 1. The first-order valence-corrected chi connectivity index (χ1v) is 5.55. The van der Waals surface area contributed by atoms with Gasteiger partial charge in [-0.1, -0.05) is 12.1 Å². The van der Waals surface area contributed by atoms with Crippen molar-refractivity contribution in [3.63, 3.8) is 0 Å². The van der Waals surface area contributed by atoms with Crippen LogP contribution >= 0.6 is 0 Å². The molecule has 0 radical (unpaired) electrons. The third-order valence-electron chi connectivity index (χ3n) is 2.83. The number of hydrogen-bond acceptors (Lipinski definition) is 3. The van der Waals surface area contributed by atoms with Gasteiger partial charge in [-0.2, -0.15) is 0 Å². The summed E-state index contributed by atoms with van der Waals surface area (Å²) in [6.45, 7) is 0.734. The number of para-hydroxylation sites is 1. The first kappa shape index (κ1) is 11.0. The van der Waals surface area contributed by atoms with Crippen LogP contribution < -0.4 is 10.6 Å². The number of benzene rings is 1. The fourth-order valence-corrected chi connectivity index (χ4v) is 1.95. The zero-order chi connectivity index (χ0) is 11.5. The van der Waals surface area contributed by atoms with E-state index in [1.807, 2.05) is 24.3 Å². The van der Waals surface area contributed by atoms with Crippen molar-refractivity contribution in [2.75, 3.05) is 18.1 Å². The lowest BCUT2D eigenvalue weighted by Crippen LogP contribution is -2.31. The van der Waals surface area contributed by atoms with Gasteiger partial charge in [-0.3, -0.25) is 5.41 Å². The third-order valence-corrected chi connectivity index (χ3v) is 2.83. The molecular formula is C12H17N3O. The van der Waals surface area contributed by atoms with Crippen molar-refractivity contribution < 1.29 is 5.11 Å². The van der Waals surface area contributed by atoms with E-state index in [2.05, 4.69) is 4.90 Å². The van der Waals surface area contributed by atoms with Crippen molar-refractivity contribution in [3.05, 3.63) is 29.8 Å². The Morgan fingerprint density at radius 1 is 1.44 bits per heavy atom. The maximum absolute atomic E-state index is 9.08. The summed E-state index contributed by atoms with van der Waals surface area (Å²) in [5, 5.41) is 16.6. The van der Waals surface area contributed by atoms with Crippen molar-refractivity contribution in [2.45, 2.75) is 18.9 Å². The molecule has 0 aliphatic heterocycles. The number of aliphatic hydroxyl groups is 1. The van der Waals surface area contributed by atoms with Crippen LogP contribution in [0.3, 0.4) is 0 Å². The molecule has 1 fully saturated rings. The number of aliphatic hydroxyl groups excluding tert-OH is 1. The molecule has 1 saturated carbocycles. The molecule has 0 unspecified atom stereocenters. The Labute approximate surface area is 95.2 Å². The Morgan fingerprint density at radius 2 is 2.12 bits per heavy atom. The molecule has 16 heavy (non-hydrogen) atoms. The molecule has 0 amide bonds. The molecule has 2 rings (SSSR count). The van der Waals surface area contributed by atoms with Crippen LogP contribution in [0.2, 0.25) is 0 Å². The molecular weight excluding hydrogens is 202 g/mol. The number of anilines is 1. The first-order chi connectivity index (χ1) is 7.74. The SMILES string of the molecule is N=C(N)c1ccccc1N(CCO)C1CC1. The van der Waals surface area contributed by atoms with Gasteiger partial charge in [0.2, 0.25) is 0 Å². The maximum Gasteiger partial charge on any atom is 0.124 e. The number of hydrogen-bond donors (Lipinski definition) is 3. The van der Waals surface area contributed by atoms with Gasteiger partial charge in [0, 0.05) is 23.8 Å². The highest BCUT2D eigenvalue weighted by atomic mass is 16.3. The summed E-state index contributed by atoms with van der Waals surface area (Å²) >= 11 is 0. The average molecular weight is 219 g/mol.